The molecule has 1 aliphatic rings. The highest BCUT2D eigenvalue weighted by Gasteiger charge is 2.26. The van der Waals surface area contributed by atoms with E-state index in [1.54, 1.807) is 11.8 Å². The lowest BCUT2D eigenvalue weighted by molar-refractivity contribution is -0.0247. The summed E-state index contributed by atoms with van der Waals surface area (Å²) < 4.78 is 11.0. The molecule has 2 aromatic rings. The van der Waals surface area contributed by atoms with E-state index in [0.717, 1.165) is 18.7 Å². The Labute approximate surface area is 147 Å². The minimum Gasteiger partial charge on any atom is -0.448 e. The van der Waals surface area contributed by atoms with Gasteiger partial charge < -0.3 is 19.0 Å². The largest absolute Gasteiger partial charge is 0.448 e. The van der Waals surface area contributed by atoms with Crippen molar-refractivity contribution in [3.8, 4) is 0 Å². The molecule has 1 saturated heterocycles. The summed E-state index contributed by atoms with van der Waals surface area (Å²) in [6.45, 7) is 3.44. The van der Waals surface area contributed by atoms with Gasteiger partial charge in [-0.25, -0.2) is 9.97 Å². The first-order chi connectivity index (χ1) is 12.0. The number of hydrogen-bond donors (Lipinski definition) is 0. The lowest BCUT2D eigenvalue weighted by Gasteiger charge is -2.32. The Morgan fingerprint density at radius 1 is 1.44 bits per heavy atom. The Bertz CT molecular complexity index is 729. The van der Waals surface area contributed by atoms with E-state index >= 15 is 0 Å². The van der Waals surface area contributed by atoms with Gasteiger partial charge in [0.15, 0.2) is 11.6 Å². The number of rotatable bonds is 5. The number of oxazole rings is 1. The van der Waals surface area contributed by atoms with E-state index in [-0.39, 0.29) is 12.0 Å². The fourth-order valence-electron chi connectivity index (χ4n) is 2.89. The fraction of sp³-hybridized carbons (Fsp3) is 0.500. The predicted molar refractivity (Wildman–Crippen MR) is 93.8 cm³/mol. The van der Waals surface area contributed by atoms with Crippen molar-refractivity contribution in [2.75, 3.05) is 38.7 Å². The third-order valence-electron chi connectivity index (χ3n) is 4.29. The molecule has 1 atom stereocenters. The highest BCUT2D eigenvalue weighted by atomic mass is 16.5. The van der Waals surface area contributed by atoms with Crippen LogP contribution in [-0.4, -0.2) is 60.7 Å². The Balaban J connectivity index is 1.57. The van der Waals surface area contributed by atoms with Gasteiger partial charge in [-0.3, -0.25) is 4.79 Å². The number of anilines is 1. The number of ether oxygens (including phenoxy) is 1. The first-order valence-corrected chi connectivity index (χ1v) is 8.48. The average Bonchev–Trinajstić information content (AvgIpc) is 3.06. The summed E-state index contributed by atoms with van der Waals surface area (Å²) in [6, 6.07) is 4.11. The van der Waals surface area contributed by atoms with Crippen LogP contribution in [0.5, 0.6) is 0 Å². The molecule has 0 saturated carbocycles. The molecule has 25 heavy (non-hydrogen) atoms. The van der Waals surface area contributed by atoms with Crippen molar-refractivity contribution < 1.29 is 13.9 Å². The zero-order chi connectivity index (χ0) is 17.8. The maximum atomic E-state index is 12.5. The van der Waals surface area contributed by atoms with E-state index in [2.05, 4.69) is 16.0 Å². The van der Waals surface area contributed by atoms with E-state index in [4.69, 9.17) is 9.15 Å². The van der Waals surface area contributed by atoms with Gasteiger partial charge in [0.25, 0.3) is 5.91 Å². The van der Waals surface area contributed by atoms with Crippen LogP contribution in [-0.2, 0) is 11.2 Å². The summed E-state index contributed by atoms with van der Waals surface area (Å²) in [4.78, 5) is 24.7. The Kier molecular flexibility index (Phi) is 5.33. The van der Waals surface area contributed by atoms with Crippen molar-refractivity contribution in [1.29, 1.82) is 0 Å². The second kappa shape index (κ2) is 7.65. The summed E-state index contributed by atoms with van der Waals surface area (Å²) in [5.41, 5.74) is 1.58. The molecule has 0 aliphatic carbocycles. The van der Waals surface area contributed by atoms with Crippen LogP contribution in [0.25, 0.3) is 0 Å². The molecule has 3 rings (SSSR count). The van der Waals surface area contributed by atoms with E-state index < -0.39 is 0 Å². The zero-order valence-corrected chi connectivity index (χ0v) is 14.9. The van der Waals surface area contributed by atoms with Gasteiger partial charge in [-0.05, 0) is 30.5 Å². The van der Waals surface area contributed by atoms with Crippen molar-refractivity contribution in [3.63, 3.8) is 0 Å². The van der Waals surface area contributed by atoms with Crippen LogP contribution in [0, 0.1) is 6.92 Å². The maximum absolute atomic E-state index is 12.5. The molecule has 0 spiro atoms. The van der Waals surface area contributed by atoms with Gasteiger partial charge in [-0.1, -0.05) is 0 Å². The van der Waals surface area contributed by atoms with E-state index in [9.17, 15) is 4.79 Å². The van der Waals surface area contributed by atoms with Crippen LogP contribution in [0.15, 0.2) is 29.0 Å². The zero-order valence-electron chi connectivity index (χ0n) is 14.9. The highest BCUT2D eigenvalue weighted by Crippen LogP contribution is 2.17. The van der Waals surface area contributed by atoms with Crippen molar-refractivity contribution in [1.82, 2.24) is 14.9 Å². The number of pyridine rings is 1. The minimum atomic E-state index is -0.0936. The molecule has 0 unspecified atom stereocenters. The van der Waals surface area contributed by atoms with Gasteiger partial charge in [0.2, 0.25) is 0 Å². The summed E-state index contributed by atoms with van der Waals surface area (Å²) in [5.74, 6) is 1.35. The van der Waals surface area contributed by atoms with Crippen LogP contribution < -0.4 is 4.90 Å². The van der Waals surface area contributed by atoms with E-state index in [0.29, 0.717) is 31.3 Å². The molecule has 0 N–H and O–H groups in total. The summed E-state index contributed by atoms with van der Waals surface area (Å²) in [5, 5.41) is 0. The normalized spacial score (nSPS) is 17.6. The van der Waals surface area contributed by atoms with Gasteiger partial charge in [0, 0.05) is 40.3 Å². The predicted octanol–water partition coefficient (Wildman–Crippen LogP) is 1.92. The first-order valence-electron chi connectivity index (χ1n) is 8.48. The van der Waals surface area contributed by atoms with Crippen molar-refractivity contribution in [2.24, 2.45) is 0 Å². The number of nitrogens with zero attached hydrogens (tertiary/aromatic N) is 4. The molecule has 134 valence electrons. The quantitative estimate of drug-likeness (QED) is 0.825. The van der Waals surface area contributed by atoms with Gasteiger partial charge in [0.1, 0.15) is 12.1 Å². The van der Waals surface area contributed by atoms with Crippen LogP contribution in [0.1, 0.15) is 28.4 Å². The number of amides is 1. The summed E-state index contributed by atoms with van der Waals surface area (Å²) in [6.07, 6.45) is 5.02. The topological polar surface area (TPSA) is 71.7 Å². The van der Waals surface area contributed by atoms with Crippen LogP contribution in [0.2, 0.25) is 0 Å². The lowest BCUT2D eigenvalue weighted by atomic mass is 10.1. The van der Waals surface area contributed by atoms with Crippen LogP contribution in [0.3, 0.4) is 0 Å². The monoisotopic (exact) mass is 344 g/mol. The fourth-order valence-corrected chi connectivity index (χ4v) is 2.89. The molecular formula is C18H24N4O3. The van der Waals surface area contributed by atoms with Gasteiger partial charge >= 0.3 is 0 Å². The second-order valence-corrected chi connectivity index (χ2v) is 6.45. The molecule has 0 aromatic carbocycles. The SMILES string of the molecule is Cc1nc(C(=O)N2CCO[C@H](CCc3ccnc(N(C)C)c3)C2)co1. The molecule has 7 heteroatoms. The Morgan fingerprint density at radius 3 is 3.00 bits per heavy atom. The first kappa shape index (κ1) is 17.4. The molecule has 7 nitrogen and oxygen atoms in total. The lowest BCUT2D eigenvalue weighted by Crippen LogP contribution is -2.45. The van der Waals surface area contributed by atoms with Gasteiger partial charge in [-0.15, -0.1) is 0 Å². The molecule has 3 heterocycles. The number of aromatic nitrogens is 2. The van der Waals surface area contributed by atoms with Crippen molar-refractivity contribution >= 4 is 11.7 Å². The molecule has 1 fully saturated rings. The molecule has 1 amide bonds. The second-order valence-electron chi connectivity index (χ2n) is 6.45. The average molecular weight is 344 g/mol. The van der Waals surface area contributed by atoms with E-state index in [1.165, 1.54) is 11.8 Å². The van der Waals surface area contributed by atoms with Crippen molar-refractivity contribution in [2.45, 2.75) is 25.9 Å². The van der Waals surface area contributed by atoms with E-state index in [1.807, 2.05) is 31.3 Å². The van der Waals surface area contributed by atoms with Gasteiger partial charge in [-0.2, -0.15) is 0 Å². The number of morpholine rings is 1. The number of hydrogen-bond acceptors (Lipinski definition) is 6. The van der Waals surface area contributed by atoms with Crippen molar-refractivity contribution in [3.05, 3.63) is 41.7 Å². The Hall–Kier alpha value is -2.41. The third-order valence-corrected chi connectivity index (χ3v) is 4.29. The molecule has 1 aliphatic heterocycles. The minimum absolute atomic E-state index is 0.0293. The third kappa shape index (κ3) is 4.36. The number of carbonyl (C=O) groups excluding carboxylic acids is 1. The summed E-state index contributed by atoms with van der Waals surface area (Å²) >= 11 is 0. The van der Waals surface area contributed by atoms with Crippen LogP contribution in [0.4, 0.5) is 5.82 Å². The Morgan fingerprint density at radius 2 is 2.28 bits per heavy atom. The standard InChI is InChI=1S/C18H24N4O3/c1-13-20-16(12-25-13)18(23)22-8-9-24-15(11-22)5-4-14-6-7-19-17(10-14)21(2)3/h6-7,10,12,15H,4-5,8-9,11H2,1-3H3/t15-/m1/s1. The smallest absolute Gasteiger partial charge is 0.275 e. The van der Waals surface area contributed by atoms with Gasteiger partial charge in [0.05, 0.1) is 12.7 Å². The highest BCUT2D eigenvalue weighted by molar-refractivity contribution is 5.92. The molecule has 2 aromatic heterocycles. The number of aryl methyl sites for hydroxylation is 2. The molecule has 0 bridgehead atoms. The maximum Gasteiger partial charge on any atom is 0.275 e. The van der Waals surface area contributed by atoms with Crippen LogP contribution >= 0.6 is 0 Å². The molecule has 0 radical (unpaired) electrons. The molecular weight excluding hydrogens is 320 g/mol. The summed E-state index contributed by atoms with van der Waals surface area (Å²) in [7, 11) is 3.96. The number of carbonyl (C=O) groups is 1.